The van der Waals surface area contributed by atoms with Gasteiger partial charge in [0, 0.05) is 5.92 Å². The van der Waals surface area contributed by atoms with Gasteiger partial charge >= 0.3 is 0 Å². The summed E-state index contributed by atoms with van der Waals surface area (Å²) in [6, 6.07) is 0. The van der Waals surface area contributed by atoms with Gasteiger partial charge in [-0.25, -0.2) is 4.98 Å². The van der Waals surface area contributed by atoms with E-state index in [0.717, 1.165) is 24.4 Å². The summed E-state index contributed by atoms with van der Waals surface area (Å²) in [5, 5.41) is 0. The second-order valence-electron chi connectivity index (χ2n) is 3.55. The van der Waals surface area contributed by atoms with E-state index in [1.807, 2.05) is 6.26 Å². The van der Waals surface area contributed by atoms with Crippen molar-refractivity contribution >= 4 is 0 Å². The first kappa shape index (κ1) is 7.84. The molecule has 1 aliphatic rings. The van der Waals surface area contributed by atoms with Crippen molar-refractivity contribution in [2.45, 2.75) is 44.9 Å². The first-order chi connectivity index (χ1) is 5.90. The van der Waals surface area contributed by atoms with Crippen molar-refractivity contribution in [3.63, 3.8) is 0 Å². The zero-order chi connectivity index (χ0) is 8.39. The van der Waals surface area contributed by atoms with E-state index in [0.29, 0.717) is 5.92 Å². The number of rotatable bonds is 3. The molecule has 0 radical (unpaired) electrons. The summed E-state index contributed by atoms with van der Waals surface area (Å²) in [6.45, 7) is 2.16. The van der Waals surface area contributed by atoms with Gasteiger partial charge in [0.05, 0.1) is 5.69 Å². The van der Waals surface area contributed by atoms with Gasteiger partial charge < -0.3 is 4.42 Å². The van der Waals surface area contributed by atoms with E-state index in [2.05, 4.69) is 11.9 Å². The fourth-order valence-corrected chi connectivity index (χ4v) is 1.54. The van der Waals surface area contributed by atoms with Gasteiger partial charge in [0.2, 0.25) is 0 Å². The van der Waals surface area contributed by atoms with Crippen molar-refractivity contribution in [3.05, 3.63) is 17.8 Å². The third-order valence-corrected chi connectivity index (χ3v) is 2.53. The Labute approximate surface area is 73.0 Å². The summed E-state index contributed by atoms with van der Waals surface area (Å²) >= 11 is 0. The first-order valence-electron chi connectivity index (χ1n) is 4.84. The van der Waals surface area contributed by atoms with Gasteiger partial charge in [0.25, 0.3) is 0 Å². The molecule has 0 atom stereocenters. The average molecular weight is 165 g/mol. The van der Waals surface area contributed by atoms with Crippen molar-refractivity contribution in [3.8, 4) is 0 Å². The van der Waals surface area contributed by atoms with Crippen LogP contribution in [0, 0.1) is 0 Å². The van der Waals surface area contributed by atoms with Crippen LogP contribution in [0.5, 0.6) is 0 Å². The lowest BCUT2D eigenvalue weighted by molar-refractivity contribution is 0.335. The molecule has 0 aromatic carbocycles. The Morgan fingerprint density at radius 3 is 3.00 bits per heavy atom. The molecule has 0 saturated heterocycles. The molecule has 1 aromatic heterocycles. The summed E-state index contributed by atoms with van der Waals surface area (Å²) in [4.78, 5) is 4.46. The molecule has 1 fully saturated rings. The van der Waals surface area contributed by atoms with Crippen molar-refractivity contribution < 1.29 is 4.42 Å². The predicted molar refractivity (Wildman–Crippen MR) is 47.1 cm³/mol. The third kappa shape index (κ3) is 1.38. The number of oxazole rings is 1. The van der Waals surface area contributed by atoms with Crippen molar-refractivity contribution in [2.75, 3.05) is 0 Å². The van der Waals surface area contributed by atoms with Crippen molar-refractivity contribution in [1.82, 2.24) is 4.98 Å². The largest absolute Gasteiger partial charge is 0.448 e. The quantitative estimate of drug-likeness (QED) is 0.688. The highest BCUT2D eigenvalue weighted by atomic mass is 16.3. The predicted octanol–water partition coefficient (Wildman–Crippen LogP) is 2.89. The molecule has 1 saturated carbocycles. The van der Waals surface area contributed by atoms with E-state index < -0.39 is 0 Å². The lowest BCUT2D eigenvalue weighted by Crippen LogP contribution is -2.08. The van der Waals surface area contributed by atoms with Gasteiger partial charge in [-0.3, -0.25) is 0 Å². The van der Waals surface area contributed by atoms with Crippen LogP contribution in [0.1, 0.15) is 50.1 Å². The minimum absolute atomic E-state index is 0.635. The van der Waals surface area contributed by atoms with Crippen LogP contribution < -0.4 is 0 Å². The fourth-order valence-electron chi connectivity index (χ4n) is 1.54. The summed E-state index contributed by atoms with van der Waals surface area (Å²) in [5.74, 6) is 1.61. The maximum absolute atomic E-state index is 5.41. The van der Waals surface area contributed by atoms with Gasteiger partial charge in [0.1, 0.15) is 6.26 Å². The molecule has 0 aliphatic heterocycles. The summed E-state index contributed by atoms with van der Waals surface area (Å²) in [7, 11) is 0. The zero-order valence-electron chi connectivity index (χ0n) is 7.55. The smallest absolute Gasteiger partial charge is 0.197 e. The molecule has 2 rings (SSSR count). The van der Waals surface area contributed by atoms with E-state index in [1.165, 1.54) is 19.3 Å². The summed E-state index contributed by atoms with van der Waals surface area (Å²) in [5.41, 5.74) is 1.12. The minimum atomic E-state index is 0.635. The van der Waals surface area contributed by atoms with E-state index in [9.17, 15) is 0 Å². The summed E-state index contributed by atoms with van der Waals surface area (Å²) in [6.07, 6.45) is 7.90. The highest BCUT2D eigenvalue weighted by Crippen LogP contribution is 2.35. The number of hydrogen-bond donors (Lipinski definition) is 0. The Morgan fingerprint density at radius 2 is 2.42 bits per heavy atom. The van der Waals surface area contributed by atoms with E-state index in [-0.39, 0.29) is 0 Å². The maximum Gasteiger partial charge on any atom is 0.197 e. The van der Waals surface area contributed by atoms with Crippen molar-refractivity contribution in [2.24, 2.45) is 0 Å². The van der Waals surface area contributed by atoms with Gasteiger partial charge in [-0.2, -0.15) is 0 Å². The zero-order valence-corrected chi connectivity index (χ0v) is 7.55. The normalized spacial score (nSPS) is 17.8. The molecule has 2 heteroatoms. The Bertz CT molecular complexity index is 250. The van der Waals surface area contributed by atoms with Crippen LogP contribution >= 0.6 is 0 Å². The highest BCUT2D eigenvalue weighted by Gasteiger charge is 2.23. The maximum atomic E-state index is 5.41. The monoisotopic (exact) mass is 165 g/mol. The average Bonchev–Trinajstić information content (AvgIpc) is 2.34. The van der Waals surface area contributed by atoms with Gasteiger partial charge in [-0.05, 0) is 19.3 Å². The highest BCUT2D eigenvalue weighted by molar-refractivity contribution is 5.03. The molecule has 66 valence electrons. The molecule has 1 aliphatic carbocycles. The van der Waals surface area contributed by atoms with Gasteiger partial charge in [-0.15, -0.1) is 0 Å². The Hall–Kier alpha value is -0.790. The second kappa shape index (κ2) is 3.30. The molecule has 0 unspecified atom stereocenters. The lowest BCUT2D eigenvalue weighted by atomic mass is 9.85. The van der Waals surface area contributed by atoms with Crippen LogP contribution in [-0.4, -0.2) is 4.98 Å². The van der Waals surface area contributed by atoms with E-state index in [4.69, 9.17) is 4.42 Å². The van der Waals surface area contributed by atoms with Gasteiger partial charge in [0.15, 0.2) is 5.89 Å². The molecule has 0 bridgehead atoms. The first-order valence-corrected chi connectivity index (χ1v) is 4.84. The molecular formula is C10H15NO. The van der Waals surface area contributed by atoms with Crippen LogP contribution in [0.3, 0.4) is 0 Å². The minimum Gasteiger partial charge on any atom is -0.448 e. The van der Waals surface area contributed by atoms with Crippen LogP contribution in [0.25, 0.3) is 0 Å². The van der Waals surface area contributed by atoms with E-state index >= 15 is 0 Å². The molecule has 0 N–H and O–H groups in total. The number of aryl methyl sites for hydroxylation is 1. The second-order valence-corrected chi connectivity index (χ2v) is 3.55. The van der Waals surface area contributed by atoms with Crippen LogP contribution in [0.15, 0.2) is 10.7 Å². The molecule has 0 spiro atoms. The fraction of sp³-hybridized carbons (Fsp3) is 0.700. The number of aromatic nitrogens is 1. The van der Waals surface area contributed by atoms with Crippen LogP contribution in [-0.2, 0) is 6.42 Å². The Balaban J connectivity index is 2.02. The third-order valence-electron chi connectivity index (χ3n) is 2.53. The van der Waals surface area contributed by atoms with Gasteiger partial charge in [-0.1, -0.05) is 19.8 Å². The van der Waals surface area contributed by atoms with Crippen LogP contribution in [0.4, 0.5) is 0 Å². The number of nitrogens with zero attached hydrogens (tertiary/aromatic N) is 1. The van der Waals surface area contributed by atoms with Crippen LogP contribution in [0.2, 0.25) is 0 Å². The SMILES string of the molecule is CCCc1coc(C2CCC2)n1. The number of hydrogen-bond acceptors (Lipinski definition) is 2. The van der Waals surface area contributed by atoms with E-state index in [1.54, 1.807) is 0 Å². The molecule has 2 nitrogen and oxygen atoms in total. The lowest BCUT2D eigenvalue weighted by Gasteiger charge is -2.21. The molecule has 12 heavy (non-hydrogen) atoms. The Morgan fingerprint density at radius 1 is 1.58 bits per heavy atom. The topological polar surface area (TPSA) is 26.0 Å². The Kier molecular flexibility index (Phi) is 2.15. The standard InChI is InChI=1S/C10H15NO/c1-2-4-9-7-12-10(11-9)8-5-3-6-8/h7-8H,2-6H2,1H3. The molecular weight excluding hydrogens is 150 g/mol. The molecule has 0 amide bonds. The van der Waals surface area contributed by atoms with Crippen molar-refractivity contribution in [1.29, 1.82) is 0 Å². The summed E-state index contributed by atoms with van der Waals surface area (Å²) < 4.78 is 5.41. The molecule has 1 aromatic rings. The molecule has 1 heterocycles.